The average Bonchev–Trinajstić information content (AvgIpc) is 2.30. The van der Waals surface area contributed by atoms with E-state index in [4.69, 9.17) is 18.0 Å². The van der Waals surface area contributed by atoms with E-state index in [1.807, 2.05) is 26.8 Å². The fourth-order valence-electron chi connectivity index (χ4n) is 1.42. The highest BCUT2D eigenvalue weighted by Crippen LogP contribution is 2.16. The van der Waals surface area contributed by atoms with Gasteiger partial charge < -0.3 is 18.0 Å². The largest absolute Gasteiger partial charge is 0.504 e. The summed E-state index contributed by atoms with van der Waals surface area (Å²) in [5.74, 6) is 0. The predicted octanol–water partition coefficient (Wildman–Crippen LogP) is 2.98. The fraction of sp³-hybridized carbons (Fsp3) is 0.833. The molecular formula is C12H26O4Si. The molecule has 0 aliphatic heterocycles. The first-order chi connectivity index (χ1) is 8.24. The van der Waals surface area contributed by atoms with Crippen LogP contribution in [0.25, 0.3) is 0 Å². The molecule has 0 saturated carbocycles. The van der Waals surface area contributed by atoms with Crippen molar-refractivity contribution in [2.45, 2.75) is 40.2 Å². The van der Waals surface area contributed by atoms with Crippen molar-refractivity contribution in [2.24, 2.45) is 0 Å². The number of hydrogen-bond donors (Lipinski definition) is 0. The Morgan fingerprint density at radius 1 is 0.882 bits per heavy atom. The number of ether oxygens (including phenoxy) is 1. The minimum Gasteiger partial charge on any atom is -0.502 e. The second-order valence-corrected chi connectivity index (χ2v) is 6.11. The number of rotatable bonds is 11. The van der Waals surface area contributed by atoms with E-state index in [9.17, 15) is 0 Å². The van der Waals surface area contributed by atoms with Crippen molar-refractivity contribution in [2.75, 3.05) is 26.4 Å². The molecule has 0 unspecified atom stereocenters. The molecular weight excluding hydrogens is 236 g/mol. The monoisotopic (exact) mass is 262 g/mol. The molecule has 0 rings (SSSR count). The Kier molecular flexibility index (Phi) is 10.5. The van der Waals surface area contributed by atoms with Crippen molar-refractivity contribution >= 4 is 8.80 Å². The van der Waals surface area contributed by atoms with Crippen LogP contribution >= 0.6 is 0 Å². The lowest BCUT2D eigenvalue weighted by atomic mass is 10.5. The standard InChI is InChI=1S/C12H26O4Si/c1-5-9-10-13-11-12-17(14-6-2,15-7-3)16-8-4/h9-10H,5-8,11-12H2,1-4H3. The van der Waals surface area contributed by atoms with Crippen LogP contribution in [0.1, 0.15) is 34.1 Å². The normalized spacial score (nSPS) is 12.2. The first-order valence-corrected chi connectivity index (χ1v) is 8.36. The third-order valence-corrected chi connectivity index (χ3v) is 5.05. The molecule has 5 heteroatoms. The van der Waals surface area contributed by atoms with E-state index in [1.54, 1.807) is 6.26 Å². The fourth-order valence-corrected chi connectivity index (χ4v) is 3.79. The van der Waals surface area contributed by atoms with Crippen LogP contribution in [0.3, 0.4) is 0 Å². The van der Waals surface area contributed by atoms with Gasteiger partial charge in [-0.05, 0) is 27.2 Å². The first-order valence-electron chi connectivity index (χ1n) is 6.43. The minimum atomic E-state index is -2.51. The second-order valence-electron chi connectivity index (χ2n) is 3.38. The summed E-state index contributed by atoms with van der Waals surface area (Å²) in [6.45, 7) is 10.3. The molecule has 0 heterocycles. The summed E-state index contributed by atoms with van der Waals surface area (Å²) in [7, 11) is -2.51. The van der Waals surface area contributed by atoms with Gasteiger partial charge in [0.1, 0.15) is 0 Å². The van der Waals surface area contributed by atoms with Crippen molar-refractivity contribution in [1.82, 2.24) is 0 Å². The lowest BCUT2D eigenvalue weighted by Gasteiger charge is -2.28. The van der Waals surface area contributed by atoms with Crippen LogP contribution in [-0.4, -0.2) is 35.2 Å². The summed E-state index contributed by atoms with van der Waals surface area (Å²) in [5.41, 5.74) is 0. The van der Waals surface area contributed by atoms with E-state index < -0.39 is 8.80 Å². The van der Waals surface area contributed by atoms with E-state index >= 15 is 0 Å². The maximum absolute atomic E-state index is 5.71. The minimum absolute atomic E-state index is 0.572. The van der Waals surface area contributed by atoms with Crippen molar-refractivity contribution in [3.05, 3.63) is 12.3 Å². The SMILES string of the molecule is CCC=COCC[Si](OCC)(OCC)OCC. The number of allylic oxidation sites excluding steroid dienone is 1. The lowest BCUT2D eigenvalue weighted by Crippen LogP contribution is -2.46. The molecule has 0 bridgehead atoms. The van der Waals surface area contributed by atoms with Crippen LogP contribution in [0.4, 0.5) is 0 Å². The summed E-state index contributed by atoms with van der Waals surface area (Å²) in [6.07, 6.45) is 4.68. The Morgan fingerprint density at radius 3 is 1.82 bits per heavy atom. The summed E-state index contributed by atoms with van der Waals surface area (Å²) < 4.78 is 22.5. The molecule has 0 aromatic heterocycles. The van der Waals surface area contributed by atoms with E-state index in [-0.39, 0.29) is 0 Å². The molecule has 0 N–H and O–H groups in total. The van der Waals surface area contributed by atoms with Gasteiger partial charge in [-0.15, -0.1) is 0 Å². The summed E-state index contributed by atoms with van der Waals surface area (Å²) >= 11 is 0. The van der Waals surface area contributed by atoms with E-state index in [0.717, 1.165) is 6.42 Å². The van der Waals surface area contributed by atoms with Gasteiger partial charge in [-0.3, -0.25) is 0 Å². The summed E-state index contributed by atoms with van der Waals surface area (Å²) in [6, 6.07) is 0.691. The zero-order valence-corrected chi connectivity index (χ0v) is 12.5. The van der Waals surface area contributed by atoms with E-state index in [2.05, 4.69) is 6.92 Å². The topological polar surface area (TPSA) is 36.9 Å². The second kappa shape index (κ2) is 10.8. The van der Waals surface area contributed by atoms with Crippen LogP contribution < -0.4 is 0 Å². The molecule has 4 nitrogen and oxygen atoms in total. The average molecular weight is 262 g/mol. The molecule has 17 heavy (non-hydrogen) atoms. The molecule has 0 radical (unpaired) electrons. The lowest BCUT2D eigenvalue weighted by molar-refractivity contribution is 0.0655. The summed E-state index contributed by atoms with van der Waals surface area (Å²) in [4.78, 5) is 0. The van der Waals surface area contributed by atoms with E-state index in [0.29, 0.717) is 32.5 Å². The van der Waals surface area contributed by atoms with Gasteiger partial charge in [0.15, 0.2) is 0 Å². The van der Waals surface area contributed by atoms with Gasteiger partial charge in [-0.25, -0.2) is 0 Å². The van der Waals surface area contributed by atoms with Crippen LogP contribution in [0.15, 0.2) is 12.3 Å². The molecule has 0 spiro atoms. The van der Waals surface area contributed by atoms with Gasteiger partial charge in [0.05, 0.1) is 18.9 Å². The van der Waals surface area contributed by atoms with Gasteiger partial charge in [0.25, 0.3) is 0 Å². The van der Waals surface area contributed by atoms with Gasteiger partial charge in [-0.1, -0.05) is 13.0 Å². The van der Waals surface area contributed by atoms with Crippen LogP contribution in [-0.2, 0) is 18.0 Å². The Balaban J connectivity index is 4.18. The third kappa shape index (κ3) is 7.54. The third-order valence-electron chi connectivity index (χ3n) is 2.05. The van der Waals surface area contributed by atoms with Gasteiger partial charge in [0.2, 0.25) is 0 Å². The smallest absolute Gasteiger partial charge is 0.502 e. The molecule has 0 amide bonds. The Labute approximate surface area is 106 Å². The van der Waals surface area contributed by atoms with Gasteiger partial charge in [-0.2, -0.15) is 0 Å². The Hall–Kier alpha value is -0.363. The molecule has 0 aromatic carbocycles. The first kappa shape index (κ1) is 16.6. The quantitative estimate of drug-likeness (QED) is 0.326. The zero-order chi connectivity index (χ0) is 13.0. The number of hydrogen-bond acceptors (Lipinski definition) is 4. The Bertz CT molecular complexity index is 180. The van der Waals surface area contributed by atoms with Crippen LogP contribution in [0, 0.1) is 0 Å². The molecule has 0 aliphatic rings. The van der Waals surface area contributed by atoms with Gasteiger partial charge >= 0.3 is 8.80 Å². The van der Waals surface area contributed by atoms with E-state index in [1.165, 1.54) is 0 Å². The van der Waals surface area contributed by atoms with Crippen LogP contribution in [0.2, 0.25) is 6.04 Å². The molecule has 0 aromatic rings. The highest BCUT2D eigenvalue weighted by molar-refractivity contribution is 6.60. The molecule has 0 aliphatic carbocycles. The van der Waals surface area contributed by atoms with Crippen molar-refractivity contribution in [3.8, 4) is 0 Å². The predicted molar refractivity (Wildman–Crippen MR) is 70.8 cm³/mol. The van der Waals surface area contributed by atoms with Crippen molar-refractivity contribution < 1.29 is 18.0 Å². The highest BCUT2D eigenvalue weighted by atomic mass is 28.4. The molecule has 102 valence electrons. The summed E-state index contributed by atoms with van der Waals surface area (Å²) in [5, 5.41) is 0. The molecule has 0 fully saturated rings. The van der Waals surface area contributed by atoms with Gasteiger partial charge in [0, 0.05) is 19.8 Å². The van der Waals surface area contributed by atoms with Crippen molar-refractivity contribution in [3.63, 3.8) is 0 Å². The van der Waals surface area contributed by atoms with Crippen LogP contribution in [0.5, 0.6) is 0 Å². The molecule has 0 saturated heterocycles. The maximum atomic E-state index is 5.71. The van der Waals surface area contributed by atoms with Crippen molar-refractivity contribution in [1.29, 1.82) is 0 Å². The highest BCUT2D eigenvalue weighted by Gasteiger charge is 2.40. The molecule has 0 atom stereocenters. The zero-order valence-electron chi connectivity index (χ0n) is 11.5. The maximum Gasteiger partial charge on any atom is 0.504 e. The Morgan fingerprint density at radius 2 is 1.41 bits per heavy atom.